The van der Waals surface area contributed by atoms with Gasteiger partial charge in [0.1, 0.15) is 0 Å². The lowest BCUT2D eigenvalue weighted by Gasteiger charge is -2.22. The van der Waals surface area contributed by atoms with Gasteiger partial charge in [0, 0.05) is 12.2 Å². The van der Waals surface area contributed by atoms with Gasteiger partial charge in [-0.3, -0.25) is 4.79 Å². The van der Waals surface area contributed by atoms with Gasteiger partial charge >= 0.3 is 0 Å². The summed E-state index contributed by atoms with van der Waals surface area (Å²) in [6, 6.07) is 10.7. The van der Waals surface area contributed by atoms with Gasteiger partial charge in [-0.05, 0) is 79.3 Å². The van der Waals surface area contributed by atoms with Crippen molar-refractivity contribution in [1.82, 2.24) is 4.31 Å². The second-order valence-corrected chi connectivity index (χ2v) is 9.87. The Bertz CT molecular complexity index is 984. The topological polar surface area (TPSA) is 66.5 Å². The quantitative estimate of drug-likeness (QED) is 0.754. The third-order valence-electron chi connectivity index (χ3n) is 5.91. The maximum atomic E-state index is 13.0. The summed E-state index contributed by atoms with van der Waals surface area (Å²) in [6.07, 6.45) is 6.98. The standard InChI is InChI=1S/C23H28N2O3S/c1-2-14-25(29(27,28)19-10-4-3-5-11-19)16-22(26)24-23-20-12-6-8-17(20)15-18-9-7-13-21(18)23/h3-5,10-11,15H,2,6-9,12-14,16H2,1H3,(H,24,26). The van der Waals surface area contributed by atoms with Crippen LogP contribution in [0.5, 0.6) is 0 Å². The zero-order valence-electron chi connectivity index (χ0n) is 16.9. The van der Waals surface area contributed by atoms with Crippen molar-refractivity contribution in [2.75, 3.05) is 18.4 Å². The van der Waals surface area contributed by atoms with E-state index >= 15 is 0 Å². The van der Waals surface area contributed by atoms with Crippen LogP contribution in [0.15, 0.2) is 41.3 Å². The van der Waals surface area contributed by atoms with E-state index in [9.17, 15) is 13.2 Å². The fourth-order valence-corrected chi connectivity index (χ4v) is 6.09. The number of nitrogens with one attached hydrogen (secondary N) is 1. The highest BCUT2D eigenvalue weighted by Gasteiger charge is 2.28. The average Bonchev–Trinajstić information content (AvgIpc) is 3.37. The van der Waals surface area contributed by atoms with Crippen molar-refractivity contribution in [1.29, 1.82) is 0 Å². The van der Waals surface area contributed by atoms with Crippen molar-refractivity contribution in [2.24, 2.45) is 0 Å². The monoisotopic (exact) mass is 412 g/mol. The molecule has 0 atom stereocenters. The molecule has 1 amide bonds. The van der Waals surface area contributed by atoms with Crippen molar-refractivity contribution in [3.05, 3.63) is 58.7 Å². The summed E-state index contributed by atoms with van der Waals surface area (Å²) in [5, 5.41) is 3.11. The fraction of sp³-hybridized carbons (Fsp3) is 0.435. The summed E-state index contributed by atoms with van der Waals surface area (Å²) in [4.78, 5) is 13.2. The Hall–Kier alpha value is -2.18. The minimum absolute atomic E-state index is 0.163. The Morgan fingerprint density at radius 1 is 1.00 bits per heavy atom. The summed E-state index contributed by atoms with van der Waals surface area (Å²) in [7, 11) is -3.70. The van der Waals surface area contributed by atoms with E-state index in [1.807, 2.05) is 6.92 Å². The molecule has 0 aromatic heterocycles. The molecule has 0 bridgehead atoms. The first-order valence-corrected chi connectivity index (χ1v) is 12.0. The first-order valence-electron chi connectivity index (χ1n) is 10.5. The molecule has 2 aromatic rings. The molecule has 0 unspecified atom stereocenters. The molecule has 0 radical (unpaired) electrons. The molecule has 2 aromatic carbocycles. The number of fused-ring (bicyclic) bond motifs is 2. The molecule has 0 aliphatic heterocycles. The number of nitrogens with zero attached hydrogens (tertiary/aromatic N) is 1. The Labute approximate surface area is 173 Å². The van der Waals surface area contributed by atoms with Crippen LogP contribution in [0.4, 0.5) is 5.69 Å². The predicted molar refractivity (Wildman–Crippen MR) is 115 cm³/mol. The Balaban J connectivity index is 1.58. The van der Waals surface area contributed by atoms with Gasteiger partial charge < -0.3 is 5.32 Å². The third kappa shape index (κ3) is 3.96. The molecule has 2 aliphatic carbocycles. The van der Waals surface area contributed by atoms with E-state index in [1.165, 1.54) is 26.6 Å². The van der Waals surface area contributed by atoms with E-state index < -0.39 is 10.0 Å². The van der Waals surface area contributed by atoms with E-state index in [0.29, 0.717) is 13.0 Å². The lowest BCUT2D eigenvalue weighted by molar-refractivity contribution is -0.116. The molecule has 6 heteroatoms. The number of carbonyl (C=O) groups is 1. The number of carbonyl (C=O) groups excluding carboxylic acids is 1. The smallest absolute Gasteiger partial charge is 0.243 e. The van der Waals surface area contributed by atoms with Crippen LogP contribution in [-0.4, -0.2) is 31.7 Å². The number of aryl methyl sites for hydroxylation is 2. The number of benzene rings is 2. The highest BCUT2D eigenvalue weighted by molar-refractivity contribution is 7.89. The van der Waals surface area contributed by atoms with E-state index in [1.54, 1.807) is 30.3 Å². The molecular formula is C23H28N2O3S. The lowest BCUT2D eigenvalue weighted by Crippen LogP contribution is -2.38. The zero-order chi connectivity index (χ0) is 20.4. The first-order chi connectivity index (χ1) is 14.0. The highest BCUT2D eigenvalue weighted by atomic mass is 32.2. The second kappa shape index (κ2) is 8.28. The van der Waals surface area contributed by atoms with Crippen LogP contribution < -0.4 is 5.32 Å². The van der Waals surface area contributed by atoms with Gasteiger partial charge in [-0.25, -0.2) is 8.42 Å². The number of rotatable bonds is 7. The van der Waals surface area contributed by atoms with Gasteiger partial charge in [-0.2, -0.15) is 4.31 Å². The molecule has 0 fully saturated rings. The highest BCUT2D eigenvalue weighted by Crippen LogP contribution is 2.38. The minimum atomic E-state index is -3.70. The van der Waals surface area contributed by atoms with Crippen molar-refractivity contribution in [2.45, 2.75) is 56.8 Å². The molecule has 29 heavy (non-hydrogen) atoms. The fourth-order valence-electron chi connectivity index (χ4n) is 4.58. The van der Waals surface area contributed by atoms with E-state index in [0.717, 1.165) is 44.2 Å². The zero-order valence-corrected chi connectivity index (χ0v) is 17.7. The van der Waals surface area contributed by atoms with Gasteiger partial charge in [0.25, 0.3) is 0 Å². The van der Waals surface area contributed by atoms with Crippen LogP contribution in [0.2, 0.25) is 0 Å². The Kier molecular flexibility index (Phi) is 5.74. The summed E-state index contributed by atoms with van der Waals surface area (Å²) in [5.41, 5.74) is 6.18. The van der Waals surface area contributed by atoms with Gasteiger partial charge in [-0.15, -0.1) is 0 Å². The molecule has 1 N–H and O–H groups in total. The number of amides is 1. The molecule has 0 heterocycles. The van der Waals surface area contributed by atoms with Gasteiger partial charge in [-0.1, -0.05) is 31.2 Å². The predicted octanol–water partition coefficient (Wildman–Crippen LogP) is 3.70. The summed E-state index contributed by atoms with van der Waals surface area (Å²) in [5.74, 6) is -0.257. The molecule has 0 spiro atoms. The number of anilines is 1. The van der Waals surface area contributed by atoms with Gasteiger partial charge in [0.2, 0.25) is 15.9 Å². The van der Waals surface area contributed by atoms with Crippen LogP contribution in [0.25, 0.3) is 0 Å². The molecule has 2 aliphatic rings. The maximum Gasteiger partial charge on any atom is 0.243 e. The van der Waals surface area contributed by atoms with E-state index in [2.05, 4.69) is 11.4 Å². The molecule has 5 nitrogen and oxygen atoms in total. The van der Waals surface area contributed by atoms with Crippen LogP contribution >= 0.6 is 0 Å². The third-order valence-corrected chi connectivity index (χ3v) is 7.77. The Morgan fingerprint density at radius 2 is 1.62 bits per heavy atom. The number of sulfonamides is 1. The summed E-state index contributed by atoms with van der Waals surface area (Å²) < 4.78 is 27.4. The van der Waals surface area contributed by atoms with Gasteiger partial charge in [0.15, 0.2) is 0 Å². The van der Waals surface area contributed by atoms with E-state index in [4.69, 9.17) is 0 Å². The second-order valence-electron chi connectivity index (χ2n) is 7.93. The summed E-state index contributed by atoms with van der Waals surface area (Å²) >= 11 is 0. The van der Waals surface area contributed by atoms with Crippen LogP contribution in [0.1, 0.15) is 48.4 Å². The summed E-state index contributed by atoms with van der Waals surface area (Å²) in [6.45, 7) is 2.07. The normalized spacial score (nSPS) is 15.4. The van der Waals surface area contributed by atoms with Crippen LogP contribution in [-0.2, 0) is 40.5 Å². The SMILES string of the molecule is CCCN(CC(=O)Nc1c2c(cc3c1CCC3)CCC2)S(=O)(=O)c1ccccc1. The van der Waals surface area contributed by atoms with Gasteiger partial charge in [0.05, 0.1) is 11.4 Å². The first kappa shape index (κ1) is 20.1. The van der Waals surface area contributed by atoms with E-state index in [-0.39, 0.29) is 17.3 Å². The van der Waals surface area contributed by atoms with Crippen LogP contribution in [0, 0.1) is 0 Å². The number of hydrogen-bond donors (Lipinski definition) is 1. The molecular weight excluding hydrogens is 384 g/mol. The van der Waals surface area contributed by atoms with Crippen molar-refractivity contribution in [3.63, 3.8) is 0 Å². The van der Waals surface area contributed by atoms with Crippen molar-refractivity contribution >= 4 is 21.6 Å². The average molecular weight is 413 g/mol. The van der Waals surface area contributed by atoms with Crippen molar-refractivity contribution < 1.29 is 13.2 Å². The molecule has 154 valence electrons. The maximum absolute atomic E-state index is 13.0. The van der Waals surface area contributed by atoms with Crippen LogP contribution in [0.3, 0.4) is 0 Å². The molecule has 4 rings (SSSR count). The largest absolute Gasteiger partial charge is 0.324 e. The molecule has 0 saturated heterocycles. The molecule has 0 saturated carbocycles. The lowest BCUT2D eigenvalue weighted by atomic mass is 9.98. The Morgan fingerprint density at radius 3 is 2.21 bits per heavy atom. The van der Waals surface area contributed by atoms with Crippen molar-refractivity contribution in [3.8, 4) is 0 Å². The minimum Gasteiger partial charge on any atom is -0.324 e. The number of hydrogen-bond acceptors (Lipinski definition) is 3.